The van der Waals surface area contributed by atoms with E-state index in [-0.39, 0.29) is 19.1 Å². The molecule has 0 saturated carbocycles. The van der Waals surface area contributed by atoms with E-state index in [1.165, 1.54) is 0 Å². The number of aliphatic hydroxyl groups excluding tert-OH is 1. The number of aryl methyl sites for hydroxylation is 2. The summed E-state index contributed by atoms with van der Waals surface area (Å²) in [4.78, 5) is 0.299. The Morgan fingerprint density at radius 3 is 2.53 bits per heavy atom. The van der Waals surface area contributed by atoms with Crippen molar-refractivity contribution in [2.45, 2.75) is 25.7 Å². The first kappa shape index (κ1) is 14.2. The smallest absolute Gasteiger partial charge is 0.240 e. The minimum atomic E-state index is -3.47. The Balaban J connectivity index is 2.90. The number of hydrogen-bond acceptors (Lipinski definition) is 3. The summed E-state index contributed by atoms with van der Waals surface area (Å²) in [6.07, 6.45) is 0. The molecule has 0 spiro atoms. The van der Waals surface area contributed by atoms with Crippen LogP contribution in [0.2, 0.25) is 0 Å². The molecule has 0 aliphatic rings. The summed E-state index contributed by atoms with van der Waals surface area (Å²) in [5.41, 5.74) is 1.76. The van der Waals surface area contributed by atoms with Crippen molar-refractivity contribution in [1.29, 1.82) is 0 Å². The molecule has 0 amide bonds. The quantitative estimate of drug-likeness (QED) is 0.833. The van der Waals surface area contributed by atoms with Gasteiger partial charge in [0, 0.05) is 13.2 Å². The molecule has 1 atom stereocenters. The highest BCUT2D eigenvalue weighted by Crippen LogP contribution is 2.16. The monoisotopic (exact) mass is 257 g/mol. The summed E-state index contributed by atoms with van der Waals surface area (Å²) in [7, 11) is -3.47. The number of sulfonamides is 1. The van der Waals surface area contributed by atoms with E-state index in [0.29, 0.717) is 4.90 Å². The van der Waals surface area contributed by atoms with E-state index in [1.807, 2.05) is 13.0 Å². The summed E-state index contributed by atoms with van der Waals surface area (Å²) in [5.74, 6) is -0.0875. The van der Waals surface area contributed by atoms with Crippen LogP contribution in [0.25, 0.3) is 0 Å². The lowest BCUT2D eigenvalue weighted by Gasteiger charge is -2.12. The molecule has 0 bridgehead atoms. The molecule has 0 heterocycles. The maximum absolute atomic E-state index is 12.0. The van der Waals surface area contributed by atoms with Gasteiger partial charge in [-0.1, -0.05) is 24.6 Å². The van der Waals surface area contributed by atoms with E-state index in [0.717, 1.165) is 11.1 Å². The Hall–Kier alpha value is -0.910. The summed E-state index contributed by atoms with van der Waals surface area (Å²) in [5, 5.41) is 8.86. The maximum Gasteiger partial charge on any atom is 0.240 e. The third-order valence-corrected chi connectivity index (χ3v) is 4.14. The topological polar surface area (TPSA) is 66.4 Å². The summed E-state index contributed by atoms with van der Waals surface area (Å²) in [6, 6.07) is 5.22. The van der Waals surface area contributed by atoms with Gasteiger partial charge in [-0.25, -0.2) is 13.1 Å². The molecule has 0 fully saturated rings. The Labute approximate surface area is 103 Å². The van der Waals surface area contributed by atoms with Crippen LogP contribution in [0.3, 0.4) is 0 Å². The largest absolute Gasteiger partial charge is 0.396 e. The van der Waals surface area contributed by atoms with Gasteiger partial charge in [-0.15, -0.1) is 0 Å². The molecule has 0 aliphatic heterocycles. The molecule has 17 heavy (non-hydrogen) atoms. The van der Waals surface area contributed by atoms with E-state index in [2.05, 4.69) is 4.72 Å². The van der Waals surface area contributed by atoms with Gasteiger partial charge in [-0.05, 0) is 31.4 Å². The highest BCUT2D eigenvalue weighted by molar-refractivity contribution is 7.89. The Morgan fingerprint density at radius 2 is 2.00 bits per heavy atom. The fourth-order valence-electron chi connectivity index (χ4n) is 1.50. The summed E-state index contributed by atoms with van der Waals surface area (Å²) < 4.78 is 26.5. The second-order valence-electron chi connectivity index (χ2n) is 4.41. The van der Waals surface area contributed by atoms with Gasteiger partial charge in [0.2, 0.25) is 10.0 Å². The van der Waals surface area contributed by atoms with Crippen LogP contribution in [0.4, 0.5) is 0 Å². The normalized spacial score (nSPS) is 13.6. The maximum atomic E-state index is 12.0. The molecule has 0 saturated heterocycles. The molecule has 1 aromatic rings. The van der Waals surface area contributed by atoms with Crippen LogP contribution in [-0.4, -0.2) is 26.7 Å². The van der Waals surface area contributed by atoms with Crippen molar-refractivity contribution in [3.63, 3.8) is 0 Å². The molecule has 4 nitrogen and oxygen atoms in total. The minimum absolute atomic E-state index is 0.0323. The zero-order valence-electron chi connectivity index (χ0n) is 10.4. The second kappa shape index (κ2) is 5.62. The molecule has 1 aromatic carbocycles. The summed E-state index contributed by atoms with van der Waals surface area (Å²) >= 11 is 0. The highest BCUT2D eigenvalue weighted by atomic mass is 32.2. The van der Waals surface area contributed by atoms with E-state index in [1.54, 1.807) is 26.0 Å². The Bertz CT molecular complexity index is 483. The van der Waals surface area contributed by atoms with Crippen LogP contribution in [0.15, 0.2) is 23.1 Å². The Kier molecular flexibility index (Phi) is 4.68. The van der Waals surface area contributed by atoms with Crippen molar-refractivity contribution in [3.8, 4) is 0 Å². The van der Waals surface area contributed by atoms with Crippen molar-refractivity contribution < 1.29 is 13.5 Å². The highest BCUT2D eigenvalue weighted by Gasteiger charge is 2.17. The molecule has 1 unspecified atom stereocenters. The average Bonchev–Trinajstić information content (AvgIpc) is 2.25. The molecule has 2 N–H and O–H groups in total. The van der Waals surface area contributed by atoms with Gasteiger partial charge in [0.25, 0.3) is 0 Å². The lowest BCUT2D eigenvalue weighted by atomic mass is 10.2. The van der Waals surface area contributed by atoms with Gasteiger partial charge in [0.05, 0.1) is 4.90 Å². The van der Waals surface area contributed by atoms with Gasteiger partial charge >= 0.3 is 0 Å². The van der Waals surface area contributed by atoms with E-state index < -0.39 is 10.0 Å². The fourth-order valence-corrected chi connectivity index (χ4v) is 2.88. The van der Waals surface area contributed by atoms with Crippen molar-refractivity contribution >= 4 is 10.0 Å². The first-order chi connectivity index (χ1) is 7.86. The zero-order chi connectivity index (χ0) is 13.1. The van der Waals surface area contributed by atoms with Crippen LogP contribution in [0, 0.1) is 19.8 Å². The number of nitrogens with one attached hydrogen (secondary N) is 1. The van der Waals surface area contributed by atoms with E-state index in [4.69, 9.17) is 5.11 Å². The molecular weight excluding hydrogens is 238 g/mol. The predicted molar refractivity (Wildman–Crippen MR) is 67.4 cm³/mol. The van der Waals surface area contributed by atoms with Crippen molar-refractivity contribution in [1.82, 2.24) is 4.72 Å². The molecule has 5 heteroatoms. The van der Waals surface area contributed by atoms with Crippen molar-refractivity contribution in [2.24, 2.45) is 5.92 Å². The fraction of sp³-hybridized carbons (Fsp3) is 0.500. The first-order valence-electron chi connectivity index (χ1n) is 5.54. The third kappa shape index (κ3) is 3.80. The number of rotatable bonds is 5. The lowest BCUT2D eigenvalue weighted by Crippen LogP contribution is -2.30. The first-order valence-corrected chi connectivity index (χ1v) is 7.03. The average molecular weight is 257 g/mol. The second-order valence-corrected chi connectivity index (χ2v) is 6.14. The van der Waals surface area contributed by atoms with E-state index >= 15 is 0 Å². The number of aliphatic hydroxyl groups is 1. The third-order valence-electron chi connectivity index (χ3n) is 2.55. The van der Waals surface area contributed by atoms with Crippen LogP contribution >= 0.6 is 0 Å². The SMILES string of the molecule is Cc1ccc(S(=O)(=O)NCC(C)CO)c(C)c1. The van der Waals surface area contributed by atoms with Crippen LogP contribution in [0.1, 0.15) is 18.1 Å². The van der Waals surface area contributed by atoms with Crippen molar-refractivity contribution in [3.05, 3.63) is 29.3 Å². The van der Waals surface area contributed by atoms with Crippen LogP contribution in [0.5, 0.6) is 0 Å². The molecular formula is C12H19NO3S. The molecule has 1 rings (SSSR count). The zero-order valence-corrected chi connectivity index (χ0v) is 11.2. The summed E-state index contributed by atoms with van der Waals surface area (Å²) in [6.45, 7) is 5.69. The van der Waals surface area contributed by atoms with Gasteiger partial charge in [0.1, 0.15) is 0 Å². The molecule has 0 aromatic heterocycles. The van der Waals surface area contributed by atoms with Gasteiger partial charge in [0.15, 0.2) is 0 Å². The molecule has 96 valence electrons. The van der Waals surface area contributed by atoms with Gasteiger partial charge in [-0.3, -0.25) is 0 Å². The van der Waals surface area contributed by atoms with Crippen LogP contribution in [-0.2, 0) is 10.0 Å². The standard InChI is InChI=1S/C12H19NO3S/c1-9-4-5-12(11(3)6-9)17(15,16)13-7-10(2)8-14/h4-6,10,13-14H,7-8H2,1-3H3. The predicted octanol–water partition coefficient (Wildman–Crippen LogP) is 1.21. The Morgan fingerprint density at radius 1 is 1.35 bits per heavy atom. The van der Waals surface area contributed by atoms with E-state index in [9.17, 15) is 8.42 Å². The molecule has 0 radical (unpaired) electrons. The van der Waals surface area contributed by atoms with Gasteiger partial charge in [-0.2, -0.15) is 0 Å². The number of hydrogen-bond donors (Lipinski definition) is 2. The molecule has 0 aliphatic carbocycles. The lowest BCUT2D eigenvalue weighted by molar-refractivity contribution is 0.238. The van der Waals surface area contributed by atoms with Crippen LogP contribution < -0.4 is 4.72 Å². The minimum Gasteiger partial charge on any atom is -0.396 e. The van der Waals surface area contributed by atoms with Crippen molar-refractivity contribution in [2.75, 3.05) is 13.2 Å². The number of benzene rings is 1. The van der Waals surface area contributed by atoms with Gasteiger partial charge < -0.3 is 5.11 Å².